The number of carbonyl (C=O) groups is 2. The van der Waals surface area contributed by atoms with E-state index in [1.807, 2.05) is 30.3 Å². The lowest BCUT2D eigenvalue weighted by atomic mass is 9.95. The number of halogens is 1. The molecule has 3 aromatic carbocycles. The molecule has 3 aromatic rings. The number of hydrogen-bond donors (Lipinski definition) is 2. The zero-order valence-corrected chi connectivity index (χ0v) is 17.3. The highest BCUT2D eigenvalue weighted by atomic mass is 19.1. The number of carbonyl (C=O) groups excluding carboxylic acids is 2. The molecule has 160 valence electrons. The second-order valence-electron chi connectivity index (χ2n) is 7.28. The van der Waals surface area contributed by atoms with E-state index >= 15 is 0 Å². The van der Waals surface area contributed by atoms with Gasteiger partial charge in [0.15, 0.2) is 0 Å². The van der Waals surface area contributed by atoms with Gasteiger partial charge in [-0.05, 0) is 41.8 Å². The molecule has 0 bridgehead atoms. The molecule has 0 aliphatic rings. The third-order valence-electron chi connectivity index (χ3n) is 5.15. The largest absolute Gasteiger partial charge is 0.508 e. The lowest BCUT2D eigenvalue weighted by Crippen LogP contribution is -2.44. The van der Waals surface area contributed by atoms with Crippen molar-refractivity contribution >= 4 is 11.9 Å². The zero-order valence-electron chi connectivity index (χ0n) is 17.3. The van der Waals surface area contributed by atoms with Crippen LogP contribution in [-0.2, 0) is 20.7 Å². The van der Waals surface area contributed by atoms with Gasteiger partial charge in [0.2, 0.25) is 5.91 Å². The second-order valence-corrected chi connectivity index (χ2v) is 7.28. The van der Waals surface area contributed by atoms with E-state index in [1.165, 1.54) is 25.3 Å². The van der Waals surface area contributed by atoms with Crippen LogP contribution in [0.4, 0.5) is 4.39 Å². The number of phenols is 1. The Labute approximate surface area is 180 Å². The summed E-state index contributed by atoms with van der Waals surface area (Å²) >= 11 is 0. The molecule has 0 saturated heterocycles. The van der Waals surface area contributed by atoms with E-state index in [2.05, 4.69) is 5.32 Å². The Balaban J connectivity index is 1.74. The van der Waals surface area contributed by atoms with Crippen molar-refractivity contribution in [2.75, 3.05) is 7.11 Å². The number of hydrogen-bond acceptors (Lipinski definition) is 4. The first-order chi connectivity index (χ1) is 14.9. The Morgan fingerprint density at radius 3 is 2.32 bits per heavy atom. The average Bonchev–Trinajstić information content (AvgIpc) is 2.79. The van der Waals surface area contributed by atoms with Crippen molar-refractivity contribution in [3.63, 3.8) is 0 Å². The Bertz CT molecular complexity index is 1050. The second kappa shape index (κ2) is 9.89. The number of ether oxygens (including phenoxy) is 1. The molecule has 0 aliphatic heterocycles. The minimum absolute atomic E-state index is 0.108. The summed E-state index contributed by atoms with van der Waals surface area (Å²) < 4.78 is 19.5. The van der Waals surface area contributed by atoms with Gasteiger partial charge in [0.1, 0.15) is 17.6 Å². The SMILES string of the molecule is COC(=O)[C@H](Cc1ccc(O)cc1)NC(=O)[C@H](C)c1ccc(-c2ccccc2)c(F)c1. The molecule has 5 nitrogen and oxygen atoms in total. The van der Waals surface area contributed by atoms with Crippen LogP contribution >= 0.6 is 0 Å². The van der Waals surface area contributed by atoms with Gasteiger partial charge in [-0.25, -0.2) is 9.18 Å². The van der Waals surface area contributed by atoms with Gasteiger partial charge in [0, 0.05) is 12.0 Å². The topological polar surface area (TPSA) is 75.6 Å². The molecule has 0 unspecified atom stereocenters. The molecular formula is C25H24FNO4. The Morgan fingerprint density at radius 2 is 1.71 bits per heavy atom. The molecule has 3 rings (SSSR count). The van der Waals surface area contributed by atoms with Crippen LogP contribution in [0, 0.1) is 5.82 Å². The van der Waals surface area contributed by atoms with Crippen molar-refractivity contribution in [2.24, 2.45) is 0 Å². The predicted molar refractivity (Wildman–Crippen MR) is 116 cm³/mol. The summed E-state index contributed by atoms with van der Waals surface area (Å²) in [5, 5.41) is 12.1. The molecule has 0 heterocycles. The number of phenolic OH excluding ortho intramolecular Hbond substituents is 1. The van der Waals surface area contributed by atoms with Crippen molar-refractivity contribution < 1.29 is 23.8 Å². The normalized spacial score (nSPS) is 12.6. The van der Waals surface area contributed by atoms with Gasteiger partial charge in [-0.3, -0.25) is 4.79 Å². The van der Waals surface area contributed by atoms with Gasteiger partial charge in [-0.2, -0.15) is 0 Å². The highest BCUT2D eigenvalue weighted by molar-refractivity contribution is 5.88. The molecule has 0 spiro atoms. The van der Waals surface area contributed by atoms with Crippen LogP contribution in [0.1, 0.15) is 24.0 Å². The zero-order chi connectivity index (χ0) is 22.4. The van der Waals surface area contributed by atoms with Crippen LogP contribution in [-0.4, -0.2) is 30.1 Å². The minimum atomic E-state index is -0.905. The highest BCUT2D eigenvalue weighted by Gasteiger charge is 2.25. The third-order valence-corrected chi connectivity index (χ3v) is 5.15. The summed E-state index contributed by atoms with van der Waals surface area (Å²) in [6, 6.07) is 19.3. The lowest BCUT2D eigenvalue weighted by molar-refractivity contribution is -0.145. The first kappa shape index (κ1) is 22.0. The van der Waals surface area contributed by atoms with Crippen LogP contribution in [0.5, 0.6) is 5.75 Å². The molecule has 0 aliphatic carbocycles. The average molecular weight is 421 g/mol. The van der Waals surface area contributed by atoms with Crippen molar-refractivity contribution in [1.82, 2.24) is 5.32 Å². The molecular weight excluding hydrogens is 397 g/mol. The van der Waals surface area contributed by atoms with Crippen LogP contribution in [0.3, 0.4) is 0 Å². The van der Waals surface area contributed by atoms with Gasteiger partial charge >= 0.3 is 5.97 Å². The molecule has 0 fully saturated rings. The maximum atomic E-state index is 14.7. The van der Waals surface area contributed by atoms with Crippen LogP contribution in [0.15, 0.2) is 72.8 Å². The van der Waals surface area contributed by atoms with Gasteiger partial charge in [-0.15, -0.1) is 0 Å². The maximum Gasteiger partial charge on any atom is 0.328 e. The molecule has 1 amide bonds. The maximum absolute atomic E-state index is 14.7. The lowest BCUT2D eigenvalue weighted by Gasteiger charge is -2.20. The number of nitrogens with one attached hydrogen (secondary N) is 1. The van der Waals surface area contributed by atoms with Gasteiger partial charge in [0.05, 0.1) is 13.0 Å². The predicted octanol–water partition coefficient (Wildman–Crippen LogP) is 4.20. The number of methoxy groups -OCH3 is 1. The fourth-order valence-electron chi connectivity index (χ4n) is 3.30. The van der Waals surface area contributed by atoms with Crippen LogP contribution in [0.25, 0.3) is 11.1 Å². The van der Waals surface area contributed by atoms with E-state index in [4.69, 9.17) is 4.74 Å². The van der Waals surface area contributed by atoms with E-state index in [0.717, 1.165) is 11.1 Å². The smallest absolute Gasteiger partial charge is 0.328 e. The Morgan fingerprint density at radius 1 is 1.03 bits per heavy atom. The molecule has 2 atom stereocenters. The van der Waals surface area contributed by atoms with Crippen molar-refractivity contribution in [3.05, 3.63) is 89.7 Å². The fourth-order valence-corrected chi connectivity index (χ4v) is 3.30. The number of benzene rings is 3. The monoisotopic (exact) mass is 421 g/mol. The van der Waals surface area contributed by atoms with Gasteiger partial charge in [-0.1, -0.05) is 54.6 Å². The summed E-state index contributed by atoms with van der Waals surface area (Å²) in [5.74, 6) is -1.99. The summed E-state index contributed by atoms with van der Waals surface area (Å²) in [5.41, 5.74) is 2.46. The highest BCUT2D eigenvalue weighted by Crippen LogP contribution is 2.26. The summed E-state index contributed by atoms with van der Waals surface area (Å²) in [4.78, 5) is 25.0. The van der Waals surface area contributed by atoms with E-state index in [9.17, 15) is 19.1 Å². The molecule has 0 radical (unpaired) electrons. The third kappa shape index (κ3) is 5.48. The minimum Gasteiger partial charge on any atom is -0.508 e. The fraction of sp³-hybridized carbons (Fsp3) is 0.200. The molecule has 31 heavy (non-hydrogen) atoms. The number of amides is 1. The first-order valence-electron chi connectivity index (χ1n) is 9.90. The summed E-state index contributed by atoms with van der Waals surface area (Å²) in [6.45, 7) is 1.65. The number of esters is 1. The first-order valence-corrected chi connectivity index (χ1v) is 9.90. The number of rotatable bonds is 7. The van der Waals surface area contributed by atoms with E-state index in [0.29, 0.717) is 11.1 Å². The van der Waals surface area contributed by atoms with E-state index < -0.39 is 29.7 Å². The van der Waals surface area contributed by atoms with Crippen LogP contribution in [0.2, 0.25) is 0 Å². The van der Waals surface area contributed by atoms with Crippen LogP contribution < -0.4 is 5.32 Å². The Hall–Kier alpha value is -3.67. The van der Waals surface area contributed by atoms with Gasteiger partial charge in [0.25, 0.3) is 0 Å². The van der Waals surface area contributed by atoms with Crippen molar-refractivity contribution in [3.8, 4) is 16.9 Å². The molecule has 0 aromatic heterocycles. The standard InChI is InChI=1S/C25H24FNO4/c1-16(19-10-13-21(22(26)15-19)18-6-4-3-5-7-18)24(29)27-23(25(30)31-2)14-17-8-11-20(28)12-9-17/h3-13,15-16,23,28H,14H2,1-2H3,(H,27,29)/t16-,23+/m1/s1. The van der Waals surface area contributed by atoms with Crippen molar-refractivity contribution in [2.45, 2.75) is 25.3 Å². The molecule has 2 N–H and O–H groups in total. The Kier molecular flexibility index (Phi) is 7.03. The summed E-state index contributed by atoms with van der Waals surface area (Å²) in [6.07, 6.45) is 0.201. The summed E-state index contributed by atoms with van der Waals surface area (Å²) in [7, 11) is 1.25. The molecule has 6 heteroatoms. The quantitative estimate of drug-likeness (QED) is 0.561. The van der Waals surface area contributed by atoms with Gasteiger partial charge < -0.3 is 15.2 Å². The van der Waals surface area contributed by atoms with E-state index in [1.54, 1.807) is 31.2 Å². The van der Waals surface area contributed by atoms with Crippen molar-refractivity contribution in [1.29, 1.82) is 0 Å². The van der Waals surface area contributed by atoms with E-state index in [-0.39, 0.29) is 12.2 Å². The number of aromatic hydroxyl groups is 1. The molecule has 0 saturated carbocycles.